The second-order valence-electron chi connectivity index (χ2n) is 6.99. The first kappa shape index (κ1) is 18.7. The second-order valence-corrected chi connectivity index (χ2v) is 7.40. The van der Waals surface area contributed by atoms with Gasteiger partial charge in [0.1, 0.15) is 5.84 Å². The van der Waals surface area contributed by atoms with Gasteiger partial charge in [0, 0.05) is 28.1 Å². The van der Waals surface area contributed by atoms with Crippen LogP contribution in [0.2, 0.25) is 5.02 Å². The summed E-state index contributed by atoms with van der Waals surface area (Å²) < 4.78 is 0. The van der Waals surface area contributed by atoms with Crippen molar-refractivity contribution < 1.29 is 0 Å². The molecule has 1 fully saturated rings. The zero-order valence-electron chi connectivity index (χ0n) is 15.7. The molecule has 1 aliphatic heterocycles. The molecule has 26 heavy (non-hydrogen) atoms. The summed E-state index contributed by atoms with van der Waals surface area (Å²) in [6, 6.07) is 8.34. The first-order valence-corrected chi connectivity index (χ1v) is 9.82. The molecular weight excluding hydrogens is 340 g/mol. The molecule has 3 heteroatoms. The molecular formula is C23H27ClN2. The first-order valence-electron chi connectivity index (χ1n) is 9.44. The summed E-state index contributed by atoms with van der Waals surface area (Å²) in [5.74, 6) is 0.942. The molecule has 0 aromatic heterocycles. The van der Waals surface area contributed by atoms with Gasteiger partial charge in [0.15, 0.2) is 0 Å². The normalized spacial score (nSPS) is 19.7. The summed E-state index contributed by atoms with van der Waals surface area (Å²) in [5.41, 5.74) is 4.20. The zero-order valence-corrected chi connectivity index (χ0v) is 16.5. The average molecular weight is 367 g/mol. The van der Waals surface area contributed by atoms with Crippen molar-refractivity contribution in [3.63, 3.8) is 0 Å². The summed E-state index contributed by atoms with van der Waals surface area (Å²) in [5, 5.41) is 0.746. The van der Waals surface area contributed by atoms with E-state index in [0.717, 1.165) is 40.5 Å². The van der Waals surface area contributed by atoms with Crippen LogP contribution in [0.1, 0.15) is 51.5 Å². The van der Waals surface area contributed by atoms with Crippen molar-refractivity contribution >= 4 is 23.0 Å². The van der Waals surface area contributed by atoms with Gasteiger partial charge in [-0.3, -0.25) is 4.99 Å². The molecule has 2 nitrogen and oxygen atoms in total. The van der Waals surface area contributed by atoms with Crippen molar-refractivity contribution in [3.8, 4) is 0 Å². The van der Waals surface area contributed by atoms with Crippen LogP contribution in [-0.4, -0.2) is 16.8 Å². The minimum absolute atomic E-state index is 0.365. The van der Waals surface area contributed by atoms with E-state index in [-0.39, 0.29) is 0 Å². The molecule has 2 aliphatic rings. The summed E-state index contributed by atoms with van der Waals surface area (Å²) in [6.07, 6.45) is 14.5. The van der Waals surface area contributed by atoms with Crippen LogP contribution in [0.4, 0.5) is 0 Å². The molecule has 0 saturated heterocycles. The Labute approximate surface area is 162 Å². The third-order valence-corrected chi connectivity index (χ3v) is 5.32. The Bertz CT molecular complexity index is 792. The Morgan fingerprint density at radius 3 is 2.62 bits per heavy atom. The van der Waals surface area contributed by atoms with Crippen molar-refractivity contribution in [3.05, 3.63) is 77.1 Å². The highest BCUT2D eigenvalue weighted by Gasteiger charge is 2.23. The van der Waals surface area contributed by atoms with E-state index in [1.54, 1.807) is 0 Å². The van der Waals surface area contributed by atoms with E-state index in [1.165, 1.54) is 24.8 Å². The Hall–Kier alpha value is -2.06. The van der Waals surface area contributed by atoms with Gasteiger partial charge in [-0.2, -0.15) is 0 Å². The summed E-state index contributed by atoms with van der Waals surface area (Å²) >= 11 is 6.52. The van der Waals surface area contributed by atoms with Crippen LogP contribution >= 0.6 is 11.6 Å². The van der Waals surface area contributed by atoms with Gasteiger partial charge in [-0.15, -0.1) is 0 Å². The van der Waals surface area contributed by atoms with E-state index < -0.39 is 0 Å². The van der Waals surface area contributed by atoms with Crippen LogP contribution in [0.15, 0.2) is 71.5 Å². The lowest BCUT2D eigenvalue weighted by molar-refractivity contribution is 0.440. The monoisotopic (exact) mass is 366 g/mol. The summed E-state index contributed by atoms with van der Waals surface area (Å²) in [4.78, 5) is 7.30. The fourth-order valence-corrected chi connectivity index (χ4v) is 3.84. The van der Waals surface area contributed by atoms with Gasteiger partial charge in [0.2, 0.25) is 0 Å². The average Bonchev–Trinajstić information content (AvgIpc) is 2.64. The van der Waals surface area contributed by atoms with Crippen molar-refractivity contribution in [2.75, 3.05) is 0 Å². The summed E-state index contributed by atoms with van der Waals surface area (Å²) in [6.45, 7) is 8.38. The Balaban J connectivity index is 2.05. The number of allylic oxidation sites excluding steroid dienone is 4. The third kappa shape index (κ3) is 4.19. The maximum atomic E-state index is 6.52. The Kier molecular flexibility index (Phi) is 6.16. The number of halogens is 1. The van der Waals surface area contributed by atoms with E-state index >= 15 is 0 Å². The molecule has 0 unspecified atom stereocenters. The molecule has 0 amide bonds. The fourth-order valence-electron chi connectivity index (χ4n) is 3.60. The Morgan fingerprint density at radius 1 is 1.23 bits per heavy atom. The largest absolute Gasteiger partial charge is 0.302 e. The predicted molar refractivity (Wildman–Crippen MR) is 113 cm³/mol. The maximum absolute atomic E-state index is 6.52. The first-order chi connectivity index (χ1) is 12.6. The molecule has 0 bridgehead atoms. The summed E-state index contributed by atoms with van der Waals surface area (Å²) in [7, 11) is 0. The topological polar surface area (TPSA) is 15.6 Å². The molecule has 0 N–H and O–H groups in total. The number of benzene rings is 1. The molecule has 136 valence electrons. The van der Waals surface area contributed by atoms with Gasteiger partial charge in [-0.05, 0) is 50.5 Å². The lowest BCUT2D eigenvalue weighted by Crippen LogP contribution is -2.29. The van der Waals surface area contributed by atoms with E-state index in [1.807, 2.05) is 25.1 Å². The van der Waals surface area contributed by atoms with E-state index in [4.69, 9.17) is 16.6 Å². The highest BCUT2D eigenvalue weighted by atomic mass is 35.5. The molecule has 0 radical (unpaired) electrons. The highest BCUT2D eigenvalue weighted by Crippen LogP contribution is 2.31. The smallest absolute Gasteiger partial charge is 0.140 e. The lowest BCUT2D eigenvalue weighted by Gasteiger charge is -2.30. The van der Waals surface area contributed by atoms with Crippen molar-refractivity contribution in [2.24, 2.45) is 4.99 Å². The van der Waals surface area contributed by atoms with Crippen LogP contribution in [0.5, 0.6) is 0 Å². The van der Waals surface area contributed by atoms with Gasteiger partial charge in [-0.1, -0.05) is 61.7 Å². The van der Waals surface area contributed by atoms with Crippen LogP contribution in [-0.2, 0) is 0 Å². The third-order valence-electron chi connectivity index (χ3n) is 4.99. The number of amidine groups is 1. The zero-order chi connectivity index (χ0) is 18.5. The Morgan fingerprint density at radius 2 is 1.96 bits per heavy atom. The molecule has 1 aliphatic carbocycles. The molecule has 3 rings (SSSR count). The molecule has 1 heterocycles. The van der Waals surface area contributed by atoms with E-state index in [0.29, 0.717) is 6.04 Å². The molecule has 1 saturated carbocycles. The molecule has 0 spiro atoms. The predicted octanol–water partition coefficient (Wildman–Crippen LogP) is 6.76. The van der Waals surface area contributed by atoms with Crippen molar-refractivity contribution in [1.82, 2.24) is 4.90 Å². The highest BCUT2D eigenvalue weighted by molar-refractivity contribution is 6.35. The number of hydrogen-bond acceptors (Lipinski definition) is 1. The van der Waals surface area contributed by atoms with Crippen LogP contribution in [0.25, 0.3) is 5.57 Å². The number of hydrogen-bond donors (Lipinski definition) is 0. The van der Waals surface area contributed by atoms with Gasteiger partial charge in [0.25, 0.3) is 0 Å². The van der Waals surface area contributed by atoms with E-state index in [2.05, 4.69) is 48.9 Å². The maximum Gasteiger partial charge on any atom is 0.140 e. The van der Waals surface area contributed by atoms with Gasteiger partial charge in [0.05, 0.1) is 6.04 Å². The van der Waals surface area contributed by atoms with E-state index in [9.17, 15) is 0 Å². The standard InChI is InChI=1S/C23H27ClN2/c1-4-20(21-12-8-9-13-22(21)24)23(25-19-10-6-5-7-11-19)26-15-14-17(2)16-18(26)3/h4,8-9,12-16,19H,3,5-7,10-11H2,1-2H3. The molecule has 1 aromatic rings. The number of rotatable bonds is 3. The van der Waals surface area contributed by atoms with Gasteiger partial charge in [-0.25, -0.2) is 0 Å². The van der Waals surface area contributed by atoms with Gasteiger partial charge >= 0.3 is 0 Å². The quantitative estimate of drug-likeness (QED) is 0.426. The van der Waals surface area contributed by atoms with Gasteiger partial charge < -0.3 is 4.90 Å². The minimum atomic E-state index is 0.365. The number of aliphatic imine (C=N–C) groups is 1. The van der Waals surface area contributed by atoms with Crippen molar-refractivity contribution in [1.29, 1.82) is 0 Å². The molecule has 1 aromatic carbocycles. The van der Waals surface area contributed by atoms with Crippen LogP contribution in [0.3, 0.4) is 0 Å². The van der Waals surface area contributed by atoms with Crippen LogP contribution in [0, 0.1) is 0 Å². The second kappa shape index (κ2) is 8.55. The minimum Gasteiger partial charge on any atom is -0.302 e. The lowest BCUT2D eigenvalue weighted by atomic mass is 9.95. The van der Waals surface area contributed by atoms with Crippen LogP contribution < -0.4 is 0 Å². The van der Waals surface area contributed by atoms with Crippen molar-refractivity contribution in [2.45, 2.75) is 52.0 Å². The fraction of sp³-hybridized carbons (Fsp3) is 0.348. The molecule has 0 atom stereocenters. The number of nitrogens with zero attached hydrogens (tertiary/aromatic N) is 2. The SMILES string of the molecule is C=C1C=C(C)C=CN1C(=NC1CCCCC1)C(=CC)c1ccccc1Cl.